The molecule has 0 radical (unpaired) electrons. The molecule has 0 bridgehead atoms. The molecule has 19 heavy (non-hydrogen) atoms. The van der Waals surface area contributed by atoms with Crippen LogP contribution in [0.4, 0.5) is 0 Å². The van der Waals surface area contributed by atoms with Crippen LogP contribution in [0.3, 0.4) is 0 Å². The maximum Gasteiger partial charge on any atom is 0.0921 e. The molecule has 1 aromatic heterocycles. The number of aromatic nitrogens is 1. The summed E-state index contributed by atoms with van der Waals surface area (Å²) in [6.45, 7) is 2.13. The van der Waals surface area contributed by atoms with Crippen molar-refractivity contribution in [1.29, 1.82) is 0 Å². The fraction of sp³-hybridized carbons (Fsp3) is 0.0625. The summed E-state index contributed by atoms with van der Waals surface area (Å²) in [5.41, 5.74) is 4.70. The lowest BCUT2D eigenvalue weighted by molar-refractivity contribution is 1.49. The van der Waals surface area contributed by atoms with Gasteiger partial charge in [0.1, 0.15) is 0 Å². The number of halogens is 1. The minimum absolute atomic E-state index is 1.07. The highest BCUT2D eigenvalue weighted by Gasteiger charge is 2.14. The number of aryl methyl sites for hydroxylation is 1. The van der Waals surface area contributed by atoms with Crippen molar-refractivity contribution in [3.8, 4) is 22.4 Å². The lowest BCUT2D eigenvalue weighted by Gasteiger charge is -2.05. The van der Waals surface area contributed by atoms with Crippen molar-refractivity contribution in [2.24, 2.45) is 0 Å². The molecule has 0 saturated carbocycles. The zero-order valence-corrected chi connectivity index (χ0v) is 12.8. The van der Waals surface area contributed by atoms with Crippen molar-refractivity contribution in [1.82, 2.24) is 4.37 Å². The predicted molar refractivity (Wildman–Crippen MR) is 85.4 cm³/mol. The Labute approximate surface area is 125 Å². The standard InChI is InChI=1S/C16H12BrNS/c1-11-15(12-5-3-2-4-6-12)16(18-19-11)13-7-9-14(17)10-8-13/h2-10H,1H3. The van der Waals surface area contributed by atoms with Gasteiger partial charge in [0.2, 0.25) is 0 Å². The van der Waals surface area contributed by atoms with Gasteiger partial charge in [-0.15, -0.1) is 0 Å². The van der Waals surface area contributed by atoms with Gasteiger partial charge >= 0.3 is 0 Å². The van der Waals surface area contributed by atoms with Crippen LogP contribution in [0.2, 0.25) is 0 Å². The van der Waals surface area contributed by atoms with E-state index in [-0.39, 0.29) is 0 Å². The third-order valence-electron chi connectivity index (χ3n) is 3.04. The van der Waals surface area contributed by atoms with Gasteiger partial charge in [-0.3, -0.25) is 0 Å². The summed E-state index contributed by atoms with van der Waals surface area (Å²) in [5, 5.41) is 0. The quantitative estimate of drug-likeness (QED) is 0.600. The lowest BCUT2D eigenvalue weighted by Crippen LogP contribution is -1.83. The fourth-order valence-electron chi connectivity index (χ4n) is 2.12. The first kappa shape index (κ1) is 12.6. The van der Waals surface area contributed by atoms with Crippen LogP contribution in [0.1, 0.15) is 4.88 Å². The summed E-state index contributed by atoms with van der Waals surface area (Å²) >= 11 is 5.03. The molecule has 0 atom stereocenters. The molecule has 1 heterocycles. The Morgan fingerprint density at radius 2 is 1.58 bits per heavy atom. The van der Waals surface area contributed by atoms with E-state index in [0.29, 0.717) is 0 Å². The molecular formula is C16H12BrNS. The molecule has 3 heteroatoms. The van der Waals surface area contributed by atoms with E-state index in [2.05, 4.69) is 75.8 Å². The molecule has 2 aromatic carbocycles. The molecule has 0 aliphatic rings. The molecular weight excluding hydrogens is 318 g/mol. The van der Waals surface area contributed by atoms with Gasteiger partial charge in [0.05, 0.1) is 5.69 Å². The van der Waals surface area contributed by atoms with Crippen LogP contribution in [0.25, 0.3) is 22.4 Å². The van der Waals surface area contributed by atoms with E-state index in [4.69, 9.17) is 0 Å². The summed E-state index contributed by atoms with van der Waals surface area (Å²) < 4.78 is 5.71. The fourth-order valence-corrected chi connectivity index (χ4v) is 3.12. The number of hydrogen-bond acceptors (Lipinski definition) is 2. The van der Waals surface area contributed by atoms with E-state index in [1.54, 1.807) is 11.5 Å². The van der Waals surface area contributed by atoms with E-state index in [1.807, 2.05) is 6.07 Å². The van der Waals surface area contributed by atoms with Crippen LogP contribution >= 0.6 is 27.5 Å². The molecule has 0 spiro atoms. The van der Waals surface area contributed by atoms with Gasteiger partial charge < -0.3 is 0 Å². The zero-order chi connectivity index (χ0) is 13.2. The molecule has 0 amide bonds. The molecule has 1 nitrogen and oxygen atoms in total. The summed E-state index contributed by atoms with van der Waals surface area (Å²) in [6.07, 6.45) is 0. The van der Waals surface area contributed by atoms with Gasteiger partial charge in [0, 0.05) is 20.5 Å². The van der Waals surface area contributed by atoms with E-state index >= 15 is 0 Å². The van der Waals surface area contributed by atoms with Crippen molar-refractivity contribution in [2.75, 3.05) is 0 Å². The Bertz CT molecular complexity index is 687. The van der Waals surface area contributed by atoms with Gasteiger partial charge in [0.15, 0.2) is 0 Å². The average Bonchev–Trinajstić information content (AvgIpc) is 2.82. The molecule has 3 aromatic rings. The second-order valence-electron chi connectivity index (χ2n) is 4.34. The van der Waals surface area contributed by atoms with Gasteiger partial charge in [-0.25, -0.2) is 0 Å². The average molecular weight is 330 g/mol. The van der Waals surface area contributed by atoms with Gasteiger partial charge in [0.25, 0.3) is 0 Å². The van der Waals surface area contributed by atoms with Crippen molar-refractivity contribution in [3.63, 3.8) is 0 Å². The van der Waals surface area contributed by atoms with Crippen molar-refractivity contribution in [3.05, 3.63) is 63.9 Å². The minimum atomic E-state index is 1.07. The van der Waals surface area contributed by atoms with Gasteiger partial charge in [-0.2, -0.15) is 4.37 Å². The Balaban J connectivity index is 2.16. The maximum absolute atomic E-state index is 4.62. The van der Waals surface area contributed by atoms with Gasteiger partial charge in [-0.1, -0.05) is 58.4 Å². The monoisotopic (exact) mass is 329 g/mol. The second kappa shape index (κ2) is 5.27. The van der Waals surface area contributed by atoms with Crippen LogP contribution < -0.4 is 0 Å². The predicted octanol–water partition coefficient (Wildman–Crippen LogP) is 5.55. The zero-order valence-electron chi connectivity index (χ0n) is 10.4. The molecule has 3 rings (SSSR count). The summed E-state index contributed by atoms with van der Waals surface area (Å²) in [4.78, 5) is 1.25. The van der Waals surface area contributed by atoms with Crippen molar-refractivity contribution < 1.29 is 0 Å². The first-order valence-electron chi connectivity index (χ1n) is 6.03. The first-order valence-corrected chi connectivity index (χ1v) is 7.60. The molecule has 94 valence electrons. The number of benzene rings is 2. The lowest BCUT2D eigenvalue weighted by atomic mass is 10.00. The second-order valence-corrected chi connectivity index (χ2v) is 6.23. The largest absolute Gasteiger partial charge is 0.192 e. The summed E-state index contributed by atoms with van der Waals surface area (Å²) in [5.74, 6) is 0. The van der Waals surface area contributed by atoms with Crippen LogP contribution in [0, 0.1) is 6.92 Å². The van der Waals surface area contributed by atoms with Gasteiger partial charge in [-0.05, 0) is 36.2 Å². The maximum atomic E-state index is 4.62. The normalized spacial score (nSPS) is 10.6. The van der Waals surface area contributed by atoms with E-state index < -0.39 is 0 Å². The Hall–Kier alpha value is -1.45. The Kier molecular flexibility index (Phi) is 3.49. The Morgan fingerprint density at radius 3 is 2.26 bits per heavy atom. The van der Waals surface area contributed by atoms with Crippen LogP contribution in [-0.4, -0.2) is 4.37 Å². The molecule has 0 N–H and O–H groups in total. The van der Waals surface area contributed by atoms with Crippen molar-refractivity contribution in [2.45, 2.75) is 6.92 Å². The van der Waals surface area contributed by atoms with Crippen LogP contribution in [0.5, 0.6) is 0 Å². The molecule has 0 aliphatic heterocycles. The highest BCUT2D eigenvalue weighted by molar-refractivity contribution is 9.10. The van der Waals surface area contributed by atoms with Crippen molar-refractivity contribution >= 4 is 27.5 Å². The highest BCUT2D eigenvalue weighted by Crippen LogP contribution is 2.36. The minimum Gasteiger partial charge on any atom is -0.192 e. The molecule has 0 aliphatic carbocycles. The molecule has 0 saturated heterocycles. The smallest absolute Gasteiger partial charge is 0.0921 e. The number of hydrogen-bond donors (Lipinski definition) is 0. The number of rotatable bonds is 2. The van der Waals surface area contributed by atoms with E-state index in [9.17, 15) is 0 Å². The molecule has 0 unspecified atom stereocenters. The third-order valence-corrected chi connectivity index (χ3v) is 4.32. The van der Waals surface area contributed by atoms with Crippen LogP contribution in [-0.2, 0) is 0 Å². The third kappa shape index (κ3) is 2.48. The van der Waals surface area contributed by atoms with E-state index in [1.165, 1.54) is 16.0 Å². The van der Waals surface area contributed by atoms with E-state index in [0.717, 1.165) is 15.7 Å². The number of nitrogens with zero attached hydrogens (tertiary/aromatic N) is 1. The summed E-state index contributed by atoms with van der Waals surface area (Å²) in [6, 6.07) is 18.8. The Morgan fingerprint density at radius 1 is 0.895 bits per heavy atom. The molecule has 0 fully saturated rings. The summed E-state index contributed by atoms with van der Waals surface area (Å²) in [7, 11) is 0. The SMILES string of the molecule is Cc1snc(-c2ccc(Br)cc2)c1-c1ccccc1. The highest BCUT2D eigenvalue weighted by atomic mass is 79.9. The topological polar surface area (TPSA) is 12.9 Å². The first-order chi connectivity index (χ1) is 9.25. The van der Waals surface area contributed by atoms with Crippen LogP contribution in [0.15, 0.2) is 59.1 Å².